The molecule has 68 valence electrons. The van der Waals surface area contributed by atoms with Crippen LogP contribution >= 0.6 is 0 Å². The average Bonchev–Trinajstić information content (AvgIpc) is 2.56. The number of fused-ring (bicyclic) bond motifs is 1. The number of hydrogen-bond donors (Lipinski definition) is 1. The third kappa shape index (κ3) is 1.77. The monoisotopic (exact) mass is 176 g/mol. The van der Waals surface area contributed by atoms with E-state index in [0.717, 1.165) is 17.3 Å². The number of rotatable bonds is 0. The standard InChI is InChI=1S/C9H12N4/c1-13-7-3-8-2-4-10-9(8)11-5-6-12-13/h2-4,6H,5,7H2,1H3,(H,10,11)/b8-3-,12-6?. The highest BCUT2D eigenvalue weighted by Crippen LogP contribution is 1.83. The Labute approximate surface area is 76.3 Å². The topological polar surface area (TPSA) is 43.8 Å². The summed E-state index contributed by atoms with van der Waals surface area (Å²) in [6, 6.07) is 2.03. The van der Waals surface area contributed by atoms with Gasteiger partial charge in [-0.05, 0) is 6.07 Å². The summed E-state index contributed by atoms with van der Waals surface area (Å²) in [5.41, 5.74) is 0.946. The van der Waals surface area contributed by atoms with Crippen LogP contribution in [0.3, 0.4) is 0 Å². The van der Waals surface area contributed by atoms with Crippen LogP contribution in [0.2, 0.25) is 0 Å². The van der Waals surface area contributed by atoms with Crippen molar-refractivity contribution in [3.63, 3.8) is 0 Å². The Morgan fingerprint density at radius 2 is 2.46 bits per heavy atom. The van der Waals surface area contributed by atoms with Crippen molar-refractivity contribution in [3.8, 4) is 0 Å². The molecular formula is C9H12N4. The molecule has 0 atom stereocenters. The second-order valence-corrected chi connectivity index (χ2v) is 2.96. The molecule has 0 bridgehead atoms. The minimum Gasteiger partial charge on any atom is -0.346 e. The van der Waals surface area contributed by atoms with Gasteiger partial charge < -0.3 is 4.98 Å². The summed E-state index contributed by atoms with van der Waals surface area (Å²) < 4.78 is 0. The number of hydrogen-bond acceptors (Lipinski definition) is 3. The van der Waals surface area contributed by atoms with E-state index in [-0.39, 0.29) is 0 Å². The van der Waals surface area contributed by atoms with Gasteiger partial charge in [-0.25, -0.2) is 0 Å². The molecule has 4 nitrogen and oxygen atoms in total. The molecule has 0 aromatic carbocycles. The van der Waals surface area contributed by atoms with Crippen molar-refractivity contribution < 1.29 is 0 Å². The fraction of sp³-hybridized carbons (Fsp3) is 0.333. The zero-order chi connectivity index (χ0) is 9.10. The zero-order valence-electron chi connectivity index (χ0n) is 7.57. The molecule has 2 heterocycles. The summed E-state index contributed by atoms with van der Waals surface area (Å²) in [6.07, 6.45) is 5.82. The van der Waals surface area contributed by atoms with E-state index >= 15 is 0 Å². The van der Waals surface area contributed by atoms with Crippen LogP contribution in [-0.4, -0.2) is 36.3 Å². The van der Waals surface area contributed by atoms with E-state index in [0.29, 0.717) is 6.54 Å². The Morgan fingerprint density at radius 1 is 1.54 bits per heavy atom. The summed E-state index contributed by atoms with van der Waals surface area (Å²) in [5, 5.41) is 7.21. The lowest BCUT2D eigenvalue weighted by atomic mass is 10.4. The first-order chi connectivity index (χ1) is 6.36. The maximum atomic E-state index is 4.34. The van der Waals surface area contributed by atoms with Gasteiger partial charge in [0.2, 0.25) is 0 Å². The molecule has 0 saturated carbocycles. The zero-order valence-corrected chi connectivity index (χ0v) is 7.57. The summed E-state index contributed by atoms with van der Waals surface area (Å²) >= 11 is 0. The van der Waals surface area contributed by atoms with Gasteiger partial charge in [-0.3, -0.25) is 10.0 Å². The SMILES string of the molecule is CN1C/C=c2/cc[nH]c2=NCC=N1. The van der Waals surface area contributed by atoms with Crippen LogP contribution in [0.4, 0.5) is 0 Å². The maximum absolute atomic E-state index is 4.34. The van der Waals surface area contributed by atoms with Gasteiger partial charge in [0.05, 0.1) is 13.1 Å². The quantitative estimate of drug-likeness (QED) is 0.560. The number of aromatic amines is 1. The number of nitrogens with zero attached hydrogens (tertiary/aromatic N) is 3. The summed E-state index contributed by atoms with van der Waals surface area (Å²) in [6.45, 7) is 1.45. The fourth-order valence-electron chi connectivity index (χ4n) is 1.26. The van der Waals surface area contributed by atoms with Gasteiger partial charge in [0, 0.05) is 24.7 Å². The van der Waals surface area contributed by atoms with Crippen LogP contribution in [0.1, 0.15) is 0 Å². The Hall–Kier alpha value is -1.58. The second-order valence-electron chi connectivity index (χ2n) is 2.96. The summed E-state index contributed by atoms with van der Waals surface area (Å²) in [4.78, 5) is 7.43. The van der Waals surface area contributed by atoms with Crippen molar-refractivity contribution >= 4 is 12.3 Å². The number of aromatic nitrogens is 1. The number of hydrazone groups is 1. The van der Waals surface area contributed by atoms with E-state index in [4.69, 9.17) is 0 Å². The number of H-pyrrole nitrogens is 1. The Kier molecular flexibility index (Phi) is 2.12. The van der Waals surface area contributed by atoms with Crippen molar-refractivity contribution in [2.45, 2.75) is 0 Å². The van der Waals surface area contributed by atoms with E-state index < -0.39 is 0 Å². The predicted octanol–water partition coefficient (Wildman–Crippen LogP) is -0.654. The van der Waals surface area contributed by atoms with Crippen LogP contribution in [-0.2, 0) is 0 Å². The third-order valence-electron chi connectivity index (χ3n) is 1.94. The first-order valence-corrected chi connectivity index (χ1v) is 4.28. The largest absolute Gasteiger partial charge is 0.346 e. The summed E-state index contributed by atoms with van der Waals surface area (Å²) in [5.74, 6) is 0. The van der Waals surface area contributed by atoms with Gasteiger partial charge in [0.15, 0.2) is 0 Å². The smallest absolute Gasteiger partial charge is 0.132 e. The fourth-order valence-corrected chi connectivity index (χ4v) is 1.26. The van der Waals surface area contributed by atoms with Crippen molar-refractivity contribution in [3.05, 3.63) is 23.0 Å². The van der Waals surface area contributed by atoms with Crippen LogP contribution in [0, 0.1) is 0 Å². The Morgan fingerprint density at radius 3 is 3.38 bits per heavy atom. The molecule has 1 aromatic heterocycles. The lowest BCUT2D eigenvalue weighted by Gasteiger charge is -2.07. The molecule has 13 heavy (non-hydrogen) atoms. The summed E-state index contributed by atoms with van der Waals surface area (Å²) in [7, 11) is 1.95. The highest BCUT2D eigenvalue weighted by molar-refractivity contribution is 5.59. The third-order valence-corrected chi connectivity index (χ3v) is 1.94. The molecule has 0 unspecified atom stereocenters. The highest BCUT2D eigenvalue weighted by Gasteiger charge is 1.92. The van der Waals surface area contributed by atoms with Gasteiger partial charge in [0.25, 0.3) is 0 Å². The molecule has 0 saturated heterocycles. The first-order valence-electron chi connectivity index (χ1n) is 4.28. The van der Waals surface area contributed by atoms with E-state index in [1.807, 2.05) is 30.5 Å². The lowest BCUT2D eigenvalue weighted by molar-refractivity contribution is 0.406. The molecule has 4 heteroatoms. The molecule has 0 spiro atoms. The highest BCUT2D eigenvalue weighted by atomic mass is 15.4. The lowest BCUT2D eigenvalue weighted by Crippen LogP contribution is -2.24. The van der Waals surface area contributed by atoms with Crippen molar-refractivity contribution in [1.29, 1.82) is 0 Å². The van der Waals surface area contributed by atoms with Crippen molar-refractivity contribution in [1.82, 2.24) is 9.99 Å². The molecule has 1 aromatic rings. The molecule has 1 aliphatic rings. The second kappa shape index (κ2) is 3.43. The Bertz CT molecular complexity index is 415. The van der Waals surface area contributed by atoms with Crippen molar-refractivity contribution in [2.24, 2.45) is 10.1 Å². The van der Waals surface area contributed by atoms with Crippen molar-refractivity contribution in [2.75, 3.05) is 20.1 Å². The molecule has 0 aliphatic carbocycles. The molecule has 0 amide bonds. The van der Waals surface area contributed by atoms with Gasteiger partial charge in [-0.15, -0.1) is 0 Å². The Balaban J connectivity index is 2.47. The van der Waals surface area contributed by atoms with Gasteiger partial charge in [0.1, 0.15) is 5.49 Å². The molecular weight excluding hydrogens is 164 g/mol. The van der Waals surface area contributed by atoms with Gasteiger partial charge >= 0.3 is 0 Å². The maximum Gasteiger partial charge on any atom is 0.132 e. The normalized spacial score (nSPS) is 18.8. The molecule has 1 aliphatic heterocycles. The first kappa shape index (κ1) is 8.04. The van der Waals surface area contributed by atoms with Crippen LogP contribution in [0.5, 0.6) is 0 Å². The molecule has 0 radical (unpaired) electrons. The number of nitrogens with one attached hydrogen (secondary N) is 1. The minimum absolute atomic E-state index is 0.631. The average molecular weight is 176 g/mol. The van der Waals surface area contributed by atoms with E-state index in [1.165, 1.54) is 0 Å². The molecule has 0 fully saturated rings. The van der Waals surface area contributed by atoms with Crippen LogP contribution in [0.25, 0.3) is 6.08 Å². The van der Waals surface area contributed by atoms with Gasteiger partial charge in [-0.1, -0.05) is 6.08 Å². The molecule has 1 N–H and O–H groups in total. The predicted molar refractivity (Wildman–Crippen MR) is 52.0 cm³/mol. The van der Waals surface area contributed by atoms with E-state index in [1.54, 1.807) is 0 Å². The molecule has 2 rings (SSSR count). The van der Waals surface area contributed by atoms with Gasteiger partial charge in [-0.2, -0.15) is 5.10 Å². The minimum atomic E-state index is 0.631. The van der Waals surface area contributed by atoms with Crippen LogP contribution < -0.4 is 10.7 Å². The van der Waals surface area contributed by atoms with E-state index in [2.05, 4.69) is 21.2 Å². The van der Waals surface area contributed by atoms with E-state index in [9.17, 15) is 0 Å². The van der Waals surface area contributed by atoms with Crippen LogP contribution in [0.15, 0.2) is 22.4 Å².